The summed E-state index contributed by atoms with van der Waals surface area (Å²) in [4.78, 5) is 15.7. The smallest absolute Gasteiger partial charge is 0.430 e. The Morgan fingerprint density at radius 3 is 1.98 bits per heavy atom. The number of alkyl halides is 6. The maximum Gasteiger partial charge on any atom is 0.430 e. The van der Waals surface area contributed by atoms with Crippen molar-refractivity contribution < 1.29 is 54.5 Å². The van der Waals surface area contributed by atoms with Crippen molar-refractivity contribution in [3.63, 3.8) is 0 Å². The van der Waals surface area contributed by atoms with Crippen LogP contribution in [0, 0.1) is 14.4 Å². The number of nitrogens with zero attached hydrogens (tertiary/aromatic N) is 1. The molecule has 250 valence electrons. The SMILES string of the molecule is C=C(O)C12CCC(C(=O)N3CCC4(S(=O)(=O)c5ccc(I)cc5)c5ccc(C(O)(C(F)(F)F)C(F)(F)F)cc5OCC34)(CC1)CC2. The van der Waals surface area contributed by atoms with E-state index in [2.05, 4.69) is 6.58 Å². The zero-order chi connectivity index (χ0) is 33.7. The fraction of sp³-hybridized carbons (Fsp3) is 0.516. The normalized spacial score (nSPS) is 29.6. The van der Waals surface area contributed by atoms with Crippen molar-refractivity contribution in [1.82, 2.24) is 4.90 Å². The Morgan fingerprint density at radius 2 is 1.46 bits per heavy atom. The van der Waals surface area contributed by atoms with E-state index < -0.39 is 67.3 Å². The Hall–Kier alpha value is -2.53. The first kappa shape index (κ1) is 33.4. The maximum atomic E-state index is 14.6. The third kappa shape index (κ3) is 4.46. The number of benzene rings is 2. The van der Waals surface area contributed by atoms with Crippen molar-refractivity contribution in [3.8, 4) is 5.75 Å². The molecular weight excluding hydrogens is 755 g/mol. The highest BCUT2D eigenvalue weighted by Gasteiger charge is 2.72. The van der Waals surface area contributed by atoms with Crippen molar-refractivity contribution in [3.05, 3.63) is 69.5 Å². The fourth-order valence-corrected chi connectivity index (χ4v) is 10.7. The van der Waals surface area contributed by atoms with Gasteiger partial charge in [0.2, 0.25) is 5.91 Å². The number of halogens is 7. The minimum atomic E-state index is -6.16. The summed E-state index contributed by atoms with van der Waals surface area (Å²) in [5.74, 6) is -0.762. The number of ether oxygens (including phenoxy) is 1. The maximum absolute atomic E-state index is 14.6. The molecule has 0 spiro atoms. The molecule has 46 heavy (non-hydrogen) atoms. The first-order valence-electron chi connectivity index (χ1n) is 14.6. The summed E-state index contributed by atoms with van der Waals surface area (Å²) in [5.41, 5.74) is -8.29. The molecule has 2 unspecified atom stereocenters. The molecule has 3 aliphatic carbocycles. The molecule has 15 heteroatoms. The van der Waals surface area contributed by atoms with Crippen LogP contribution in [0.5, 0.6) is 5.75 Å². The highest BCUT2D eigenvalue weighted by atomic mass is 127. The van der Waals surface area contributed by atoms with Crippen LogP contribution < -0.4 is 4.74 Å². The lowest BCUT2D eigenvalue weighted by Gasteiger charge is -2.53. The first-order chi connectivity index (χ1) is 21.3. The Labute approximate surface area is 274 Å². The third-order valence-corrected chi connectivity index (χ3v) is 14.2. The molecule has 2 N–H and O–H groups in total. The number of rotatable bonds is 5. The van der Waals surface area contributed by atoms with Crippen LogP contribution in [0.15, 0.2) is 59.7 Å². The van der Waals surface area contributed by atoms with E-state index in [1.807, 2.05) is 22.6 Å². The molecule has 2 aliphatic heterocycles. The molecule has 2 bridgehead atoms. The van der Waals surface area contributed by atoms with E-state index in [1.54, 1.807) is 12.1 Å². The second kappa shape index (κ2) is 10.5. The lowest BCUT2D eigenvalue weighted by molar-refractivity contribution is -0.376. The summed E-state index contributed by atoms with van der Waals surface area (Å²) >= 11 is 1.99. The van der Waals surface area contributed by atoms with Gasteiger partial charge in [0, 0.05) is 32.1 Å². The largest absolute Gasteiger partial charge is 0.512 e. The summed E-state index contributed by atoms with van der Waals surface area (Å²) in [6, 6.07) is 6.33. The molecule has 2 atom stereocenters. The lowest BCUT2D eigenvalue weighted by atomic mass is 9.53. The van der Waals surface area contributed by atoms with Crippen molar-refractivity contribution in [2.24, 2.45) is 10.8 Å². The van der Waals surface area contributed by atoms with Crippen LogP contribution in [0.3, 0.4) is 0 Å². The first-order valence-corrected chi connectivity index (χ1v) is 17.2. The molecule has 5 aliphatic rings. The molecule has 2 aromatic carbocycles. The fourth-order valence-electron chi connectivity index (χ4n) is 8.04. The highest BCUT2D eigenvalue weighted by Crippen LogP contribution is 2.62. The minimum Gasteiger partial charge on any atom is -0.512 e. The van der Waals surface area contributed by atoms with Gasteiger partial charge >= 0.3 is 12.4 Å². The van der Waals surface area contributed by atoms with Crippen molar-refractivity contribution in [1.29, 1.82) is 0 Å². The van der Waals surface area contributed by atoms with Gasteiger partial charge in [-0.3, -0.25) is 4.79 Å². The van der Waals surface area contributed by atoms with Gasteiger partial charge in [-0.15, -0.1) is 0 Å². The molecule has 1 amide bonds. The zero-order valence-corrected chi connectivity index (χ0v) is 27.2. The molecule has 3 saturated carbocycles. The number of carbonyl (C=O) groups excluding carboxylic acids is 1. The zero-order valence-electron chi connectivity index (χ0n) is 24.2. The molecule has 7 rings (SSSR count). The van der Waals surface area contributed by atoms with E-state index in [0.717, 1.165) is 9.64 Å². The van der Waals surface area contributed by atoms with Gasteiger partial charge in [-0.25, -0.2) is 8.42 Å². The standard InChI is InChI=1S/C31H30F6INO6S/c1-18(40)26-8-11-27(12-9-26,13-10-26)25(41)39-15-14-28(46(43,44)21-5-3-20(38)4-6-21)22-7-2-19(16-23(22)45-17-24(28)39)29(42,30(32,33)34)31(35,36)37/h2-7,16,24,40,42H,1,8-15,17H2. The number of amides is 1. The number of aliphatic hydroxyl groups excluding tert-OH is 1. The monoisotopic (exact) mass is 785 g/mol. The summed E-state index contributed by atoms with van der Waals surface area (Å²) in [6.07, 6.45) is -9.58. The number of fused-ring (bicyclic) bond motifs is 6. The molecule has 4 fully saturated rings. The Kier molecular flexibility index (Phi) is 7.61. The van der Waals surface area contributed by atoms with E-state index in [1.165, 1.54) is 17.0 Å². The number of allylic oxidation sites excluding steroid dienone is 1. The number of hydrogen-bond donors (Lipinski definition) is 2. The number of sulfone groups is 1. The summed E-state index contributed by atoms with van der Waals surface area (Å²) < 4.78 is 116. The quantitative estimate of drug-likeness (QED) is 0.199. The Morgan fingerprint density at radius 1 is 0.913 bits per heavy atom. The number of likely N-dealkylation sites (tertiary alicyclic amines) is 1. The van der Waals surface area contributed by atoms with E-state index >= 15 is 0 Å². The highest BCUT2D eigenvalue weighted by molar-refractivity contribution is 14.1. The molecule has 1 saturated heterocycles. The van der Waals surface area contributed by atoms with E-state index in [4.69, 9.17) is 4.74 Å². The summed E-state index contributed by atoms with van der Waals surface area (Å²) in [5, 5.41) is 20.3. The van der Waals surface area contributed by atoms with Crippen molar-refractivity contribution in [2.75, 3.05) is 13.2 Å². The van der Waals surface area contributed by atoms with E-state index in [9.17, 15) is 49.8 Å². The Balaban J connectivity index is 1.47. The van der Waals surface area contributed by atoms with Gasteiger partial charge in [0.1, 0.15) is 17.1 Å². The van der Waals surface area contributed by atoms with Crippen LogP contribution in [0.2, 0.25) is 0 Å². The second-order valence-corrected chi connectivity index (χ2v) is 16.3. The minimum absolute atomic E-state index is 0.0493. The summed E-state index contributed by atoms with van der Waals surface area (Å²) in [7, 11) is -4.46. The summed E-state index contributed by atoms with van der Waals surface area (Å²) in [6.45, 7) is 3.15. The average molecular weight is 786 g/mol. The molecule has 7 nitrogen and oxygen atoms in total. The third-order valence-electron chi connectivity index (χ3n) is 10.9. The van der Waals surface area contributed by atoms with Gasteiger partial charge in [0.05, 0.1) is 16.7 Å². The van der Waals surface area contributed by atoms with E-state index in [-0.39, 0.29) is 35.1 Å². The molecule has 2 heterocycles. The lowest BCUT2D eigenvalue weighted by Crippen LogP contribution is -2.59. The van der Waals surface area contributed by atoms with Gasteiger partial charge in [-0.1, -0.05) is 18.7 Å². The number of aliphatic hydroxyl groups is 2. The van der Waals surface area contributed by atoms with Crippen LogP contribution in [0.1, 0.15) is 56.1 Å². The predicted octanol–water partition coefficient (Wildman–Crippen LogP) is 6.68. The van der Waals surface area contributed by atoms with Gasteiger partial charge in [0.25, 0.3) is 5.60 Å². The van der Waals surface area contributed by atoms with E-state index in [0.29, 0.717) is 50.7 Å². The van der Waals surface area contributed by atoms with Crippen LogP contribution in [-0.4, -0.2) is 61.0 Å². The van der Waals surface area contributed by atoms with Crippen LogP contribution >= 0.6 is 22.6 Å². The number of hydrogen-bond acceptors (Lipinski definition) is 6. The van der Waals surface area contributed by atoms with Crippen molar-refractivity contribution >= 4 is 38.3 Å². The van der Waals surface area contributed by atoms with Gasteiger partial charge < -0.3 is 19.8 Å². The predicted molar refractivity (Wildman–Crippen MR) is 160 cm³/mol. The van der Waals surface area contributed by atoms with Gasteiger partial charge in [-0.05, 0) is 97.9 Å². The van der Waals surface area contributed by atoms with Gasteiger partial charge in [-0.2, -0.15) is 26.3 Å². The topological polar surface area (TPSA) is 104 Å². The van der Waals surface area contributed by atoms with Crippen LogP contribution in [-0.2, 0) is 25.0 Å². The number of carbonyl (C=O) groups is 1. The van der Waals surface area contributed by atoms with Crippen LogP contribution in [0.4, 0.5) is 26.3 Å². The molecule has 0 radical (unpaired) electrons. The van der Waals surface area contributed by atoms with Gasteiger partial charge in [0.15, 0.2) is 9.84 Å². The molecule has 0 aromatic heterocycles. The van der Waals surface area contributed by atoms with Crippen LogP contribution in [0.25, 0.3) is 0 Å². The molecule has 2 aromatic rings. The molecular formula is C31H30F6INO6S. The second-order valence-electron chi connectivity index (χ2n) is 12.8. The Bertz CT molecular complexity index is 1670. The average Bonchev–Trinajstić information content (AvgIpc) is 3.41. The van der Waals surface area contributed by atoms with Crippen molar-refractivity contribution in [2.45, 2.75) is 78.6 Å².